The summed E-state index contributed by atoms with van der Waals surface area (Å²) in [5, 5.41) is 11.7. The molecule has 7 nitrogen and oxygen atoms in total. The van der Waals surface area contributed by atoms with Crippen LogP contribution >= 0.6 is 0 Å². The molecule has 1 aliphatic heterocycles. The number of alkyl halides is 4. The minimum absolute atomic E-state index is 0.0308. The van der Waals surface area contributed by atoms with Crippen molar-refractivity contribution in [2.45, 2.75) is 94.2 Å². The van der Waals surface area contributed by atoms with E-state index in [1.165, 1.54) is 11.0 Å². The lowest BCUT2D eigenvalue weighted by molar-refractivity contribution is -0.138. The summed E-state index contributed by atoms with van der Waals surface area (Å²) >= 11 is 0. The number of anilines is 1. The van der Waals surface area contributed by atoms with E-state index in [0.717, 1.165) is 43.4 Å². The molecule has 0 atom stereocenters. The van der Waals surface area contributed by atoms with Crippen molar-refractivity contribution in [1.82, 2.24) is 25.1 Å². The van der Waals surface area contributed by atoms with Crippen LogP contribution in [0.4, 0.5) is 23.4 Å². The van der Waals surface area contributed by atoms with Crippen LogP contribution in [-0.2, 0) is 31.7 Å². The third-order valence-electron chi connectivity index (χ3n) is 9.52. The molecule has 11 heteroatoms. The molecule has 0 radical (unpaired) electrons. The molecule has 4 aliphatic rings. The van der Waals surface area contributed by atoms with E-state index in [0.29, 0.717) is 17.2 Å². The van der Waals surface area contributed by atoms with Gasteiger partial charge in [0, 0.05) is 36.3 Å². The Labute approximate surface area is 235 Å². The predicted octanol–water partition coefficient (Wildman–Crippen LogP) is 5.72. The number of amides is 1. The molecular weight excluding hydrogens is 536 g/mol. The summed E-state index contributed by atoms with van der Waals surface area (Å²) < 4.78 is 59.1. The third kappa shape index (κ3) is 4.43. The summed E-state index contributed by atoms with van der Waals surface area (Å²) in [5.41, 5.74) is 0.403. The first-order valence-electron chi connectivity index (χ1n) is 14.3. The number of rotatable bonds is 7. The second kappa shape index (κ2) is 9.08. The van der Waals surface area contributed by atoms with Gasteiger partial charge in [0.15, 0.2) is 0 Å². The van der Waals surface area contributed by atoms with Gasteiger partial charge in [-0.3, -0.25) is 9.69 Å². The van der Waals surface area contributed by atoms with E-state index in [4.69, 9.17) is 4.98 Å². The molecular formula is C30H32F4N6O. The van der Waals surface area contributed by atoms with Crippen LogP contribution in [0.25, 0.3) is 0 Å². The molecule has 1 aromatic carbocycles. The average Bonchev–Trinajstić information content (AvgIpc) is 3.58. The number of nitrogens with zero attached hydrogens (tertiary/aromatic N) is 5. The van der Waals surface area contributed by atoms with Crippen molar-refractivity contribution in [3.63, 3.8) is 0 Å². The fourth-order valence-corrected chi connectivity index (χ4v) is 6.71. The zero-order valence-electron chi connectivity index (χ0n) is 23.1. The number of hydrogen-bond donors (Lipinski definition) is 1. The van der Waals surface area contributed by atoms with Crippen molar-refractivity contribution in [2.75, 3.05) is 4.90 Å². The molecule has 3 aromatic rings. The molecule has 0 bridgehead atoms. The number of benzene rings is 1. The lowest BCUT2D eigenvalue weighted by Crippen LogP contribution is -2.47. The molecule has 1 N–H and O–H groups in total. The van der Waals surface area contributed by atoms with Crippen molar-refractivity contribution in [3.05, 3.63) is 69.9 Å². The Morgan fingerprint density at radius 3 is 2.46 bits per heavy atom. The summed E-state index contributed by atoms with van der Waals surface area (Å²) in [5.74, 6) is 0.628. The number of carbonyl (C=O) groups is 1. The Morgan fingerprint density at radius 1 is 1.12 bits per heavy atom. The van der Waals surface area contributed by atoms with Crippen LogP contribution in [0.5, 0.6) is 0 Å². The van der Waals surface area contributed by atoms with Gasteiger partial charge in [-0.25, -0.2) is 9.37 Å². The lowest BCUT2D eigenvalue weighted by Gasteiger charge is -2.44. The van der Waals surface area contributed by atoms with Gasteiger partial charge in [0.1, 0.15) is 24.1 Å². The minimum atomic E-state index is -4.61. The second-order valence-corrected chi connectivity index (χ2v) is 12.6. The van der Waals surface area contributed by atoms with Crippen LogP contribution in [0.3, 0.4) is 0 Å². The van der Waals surface area contributed by atoms with Crippen molar-refractivity contribution < 1.29 is 22.4 Å². The van der Waals surface area contributed by atoms with E-state index in [2.05, 4.69) is 22.4 Å². The van der Waals surface area contributed by atoms with Crippen LogP contribution in [0.1, 0.15) is 102 Å². The van der Waals surface area contributed by atoms with Crippen molar-refractivity contribution in [3.8, 4) is 0 Å². The van der Waals surface area contributed by atoms with Gasteiger partial charge < -0.3 is 9.88 Å². The van der Waals surface area contributed by atoms with Gasteiger partial charge in [-0.05, 0) is 92.8 Å². The number of aromatic nitrogens is 4. The quantitative estimate of drug-likeness (QED) is 0.369. The fourth-order valence-electron chi connectivity index (χ4n) is 6.71. The molecule has 0 saturated heterocycles. The standard InChI is InChI=1S/C30H32F4N6O/c1-28(6-3-7-28)35-14-17-8-21-22(23(9-17)30(32,33)34)15-40(26(21)41)25-11-19(10-24(37-25)18-4-5-18)29(12-20(31)13-29)27-38-36-16-39(27)2/h8-11,16,18,20,35H,3-7,12-15H2,1-2H3. The number of pyridine rings is 1. The van der Waals surface area contributed by atoms with Crippen LogP contribution in [0.15, 0.2) is 30.6 Å². The van der Waals surface area contributed by atoms with Crippen LogP contribution in [0, 0.1) is 0 Å². The highest BCUT2D eigenvalue weighted by Gasteiger charge is 2.51. The topological polar surface area (TPSA) is 75.9 Å². The Morgan fingerprint density at radius 2 is 1.88 bits per heavy atom. The highest BCUT2D eigenvalue weighted by molar-refractivity contribution is 6.10. The summed E-state index contributed by atoms with van der Waals surface area (Å²) in [4.78, 5) is 19.9. The van der Waals surface area contributed by atoms with Crippen molar-refractivity contribution in [2.24, 2.45) is 7.05 Å². The van der Waals surface area contributed by atoms with E-state index in [1.807, 2.05) is 13.1 Å². The molecule has 3 fully saturated rings. The molecule has 3 aliphatic carbocycles. The average molecular weight is 569 g/mol. The number of fused-ring (bicyclic) bond motifs is 1. The summed E-state index contributed by atoms with van der Waals surface area (Å²) in [6, 6.07) is 6.46. The number of nitrogens with one attached hydrogen (secondary N) is 1. The van der Waals surface area contributed by atoms with E-state index in [9.17, 15) is 22.4 Å². The normalized spacial score (nSPS) is 25.2. The first-order chi connectivity index (χ1) is 19.5. The largest absolute Gasteiger partial charge is 0.416 e. The Kier molecular flexibility index (Phi) is 5.88. The number of aryl methyl sites for hydroxylation is 1. The van der Waals surface area contributed by atoms with Gasteiger partial charge in [-0.2, -0.15) is 13.2 Å². The van der Waals surface area contributed by atoms with Crippen LogP contribution in [-0.4, -0.2) is 37.4 Å². The van der Waals surface area contributed by atoms with Crippen LogP contribution < -0.4 is 10.2 Å². The Balaban J connectivity index is 1.28. The zero-order chi connectivity index (χ0) is 28.7. The van der Waals surface area contributed by atoms with Gasteiger partial charge in [0.25, 0.3) is 5.91 Å². The Hall–Kier alpha value is -3.34. The van der Waals surface area contributed by atoms with Gasteiger partial charge in [-0.1, -0.05) is 0 Å². The molecule has 2 aromatic heterocycles. The first kappa shape index (κ1) is 26.6. The second-order valence-electron chi connectivity index (χ2n) is 12.6. The molecule has 41 heavy (non-hydrogen) atoms. The molecule has 0 unspecified atom stereocenters. The SMILES string of the molecule is Cn1cnnc1C1(c2cc(C3CC3)nc(N3Cc4c(cc(CNC5(C)CCC5)cc4C(F)(F)F)C3=O)c2)CC(F)C1. The lowest BCUT2D eigenvalue weighted by atomic mass is 9.62. The van der Waals surface area contributed by atoms with Crippen LogP contribution in [0.2, 0.25) is 0 Å². The van der Waals surface area contributed by atoms with E-state index >= 15 is 0 Å². The highest BCUT2D eigenvalue weighted by Crippen LogP contribution is 2.52. The Bertz CT molecular complexity index is 1530. The number of halogens is 4. The maximum Gasteiger partial charge on any atom is 0.416 e. The maximum atomic E-state index is 14.4. The van der Waals surface area contributed by atoms with Crippen molar-refractivity contribution >= 4 is 11.7 Å². The van der Waals surface area contributed by atoms with Gasteiger partial charge >= 0.3 is 6.18 Å². The minimum Gasteiger partial charge on any atom is -0.320 e. The van der Waals surface area contributed by atoms with E-state index in [1.54, 1.807) is 23.0 Å². The maximum absolute atomic E-state index is 14.4. The smallest absolute Gasteiger partial charge is 0.320 e. The summed E-state index contributed by atoms with van der Waals surface area (Å²) in [7, 11) is 1.81. The van der Waals surface area contributed by atoms with Gasteiger partial charge in [0.05, 0.1) is 17.5 Å². The molecule has 1 amide bonds. The molecule has 0 spiro atoms. The summed E-state index contributed by atoms with van der Waals surface area (Å²) in [6.07, 6.45) is 1.32. The summed E-state index contributed by atoms with van der Waals surface area (Å²) in [6.45, 7) is 2.10. The molecule has 216 valence electrons. The molecule has 7 rings (SSSR count). The van der Waals surface area contributed by atoms with Gasteiger partial charge in [0.2, 0.25) is 0 Å². The zero-order valence-corrected chi connectivity index (χ0v) is 23.1. The highest BCUT2D eigenvalue weighted by atomic mass is 19.4. The van der Waals surface area contributed by atoms with Gasteiger partial charge in [-0.15, -0.1) is 10.2 Å². The monoisotopic (exact) mass is 568 g/mol. The number of carbonyl (C=O) groups excluding carboxylic acids is 1. The van der Waals surface area contributed by atoms with E-state index in [-0.39, 0.29) is 48.5 Å². The third-order valence-corrected chi connectivity index (χ3v) is 9.52. The van der Waals surface area contributed by atoms with Crippen molar-refractivity contribution in [1.29, 1.82) is 0 Å². The fraction of sp³-hybridized carbons (Fsp3) is 0.533. The van der Waals surface area contributed by atoms with E-state index < -0.39 is 29.2 Å². The molecule has 3 saturated carbocycles. The first-order valence-corrected chi connectivity index (χ1v) is 14.3. The predicted molar refractivity (Wildman–Crippen MR) is 143 cm³/mol. The number of hydrogen-bond acceptors (Lipinski definition) is 5. The molecule has 3 heterocycles.